The molecule has 1 aromatic carbocycles. The summed E-state index contributed by atoms with van der Waals surface area (Å²) in [6.45, 7) is 7.41. The molecule has 1 unspecified atom stereocenters. The van der Waals surface area contributed by atoms with Crippen LogP contribution in [0.5, 0.6) is 5.75 Å². The molecule has 1 aliphatic heterocycles. The zero-order valence-corrected chi connectivity index (χ0v) is 21.2. The highest BCUT2D eigenvalue weighted by molar-refractivity contribution is 7.82. The third-order valence-electron chi connectivity index (χ3n) is 5.74. The van der Waals surface area contributed by atoms with Crippen molar-refractivity contribution < 1.29 is 18.9 Å². The van der Waals surface area contributed by atoms with Crippen LogP contribution in [0.15, 0.2) is 27.9 Å². The Hall–Kier alpha value is -3.36. The van der Waals surface area contributed by atoms with Crippen LogP contribution in [0.25, 0.3) is 16.9 Å². The first-order chi connectivity index (χ1) is 17.3. The summed E-state index contributed by atoms with van der Waals surface area (Å²) in [5.74, 6) is 1.53. The second kappa shape index (κ2) is 11.1. The van der Waals surface area contributed by atoms with Gasteiger partial charge < -0.3 is 19.9 Å². The van der Waals surface area contributed by atoms with Crippen molar-refractivity contribution in [3.63, 3.8) is 0 Å². The Bertz CT molecular complexity index is 1330. The van der Waals surface area contributed by atoms with E-state index in [0.717, 1.165) is 6.42 Å². The number of hydrogen-bond acceptors (Lipinski definition) is 9. The summed E-state index contributed by atoms with van der Waals surface area (Å²) in [6, 6.07) is 5.25. The van der Waals surface area contributed by atoms with E-state index in [2.05, 4.69) is 25.2 Å². The van der Waals surface area contributed by atoms with Gasteiger partial charge in [0.25, 0.3) is 10.6 Å². The van der Waals surface area contributed by atoms with E-state index in [4.69, 9.17) is 4.74 Å². The van der Waals surface area contributed by atoms with E-state index >= 15 is 0 Å². The fraction of sp³-hybridized carbons (Fsp3) is 0.500. The van der Waals surface area contributed by atoms with Crippen LogP contribution in [0.4, 0.5) is 0 Å². The maximum Gasteiger partial charge on any atom is 0.294 e. The number of benzene rings is 1. The number of aromatic amines is 1. The summed E-state index contributed by atoms with van der Waals surface area (Å²) in [6.07, 6.45) is 1.53. The van der Waals surface area contributed by atoms with Gasteiger partial charge in [-0.2, -0.15) is 0 Å². The molecule has 13 nitrogen and oxygen atoms in total. The Morgan fingerprint density at radius 1 is 1.33 bits per heavy atom. The van der Waals surface area contributed by atoms with Crippen molar-refractivity contribution in [2.24, 2.45) is 0 Å². The number of fused-ring (bicyclic) bond motifs is 1. The minimum absolute atomic E-state index is 0.0409. The minimum Gasteiger partial charge on any atom is -0.493 e. The van der Waals surface area contributed by atoms with Crippen LogP contribution >= 0.6 is 0 Å². The van der Waals surface area contributed by atoms with E-state index in [-0.39, 0.29) is 18.2 Å². The normalized spacial score (nSPS) is 15.1. The van der Waals surface area contributed by atoms with Crippen LogP contribution < -0.4 is 15.6 Å². The molecule has 1 saturated heterocycles. The van der Waals surface area contributed by atoms with E-state index in [1.807, 2.05) is 13.8 Å². The summed E-state index contributed by atoms with van der Waals surface area (Å²) >= 11 is 0. The molecular formula is C22H29N7O6S. The quantitative estimate of drug-likeness (QED) is 0.204. The number of rotatable bonds is 12. The lowest BCUT2D eigenvalue weighted by Crippen LogP contribution is -2.58. The summed E-state index contributed by atoms with van der Waals surface area (Å²) in [4.78, 5) is 35.3. The molecule has 2 N–H and O–H groups in total. The average molecular weight is 520 g/mol. The van der Waals surface area contributed by atoms with Crippen molar-refractivity contribution in [1.82, 2.24) is 29.2 Å². The van der Waals surface area contributed by atoms with Crippen LogP contribution in [-0.2, 0) is 22.2 Å². The highest BCUT2D eigenvalue weighted by atomic mass is 32.2. The Labute approximate surface area is 209 Å². The molecular weight excluding hydrogens is 490 g/mol. The van der Waals surface area contributed by atoms with Gasteiger partial charge in [-0.05, 0) is 38.5 Å². The lowest BCUT2D eigenvalue weighted by atomic mass is 10.2. The fourth-order valence-corrected chi connectivity index (χ4v) is 5.39. The first-order valence-corrected chi connectivity index (χ1v) is 12.9. The molecule has 0 saturated carbocycles. The van der Waals surface area contributed by atoms with Gasteiger partial charge in [-0.25, -0.2) is 18.0 Å². The molecule has 0 radical (unpaired) electrons. The average Bonchev–Trinajstić information content (AvgIpc) is 3.13. The zero-order valence-electron chi connectivity index (χ0n) is 20.4. The monoisotopic (exact) mass is 519 g/mol. The number of hydrogen-bond donors (Lipinski definition) is 2. The molecule has 4 rings (SSSR count). The van der Waals surface area contributed by atoms with Crippen molar-refractivity contribution in [3.05, 3.63) is 50.2 Å². The first-order valence-electron chi connectivity index (χ1n) is 11.8. The number of nitrogens with zero attached hydrogens (tertiary/aromatic N) is 5. The third-order valence-corrected chi connectivity index (χ3v) is 7.16. The predicted molar refractivity (Wildman–Crippen MR) is 132 cm³/mol. The van der Waals surface area contributed by atoms with Crippen LogP contribution in [0.1, 0.15) is 31.8 Å². The van der Waals surface area contributed by atoms with Crippen molar-refractivity contribution in [2.45, 2.75) is 44.6 Å². The second-order valence-corrected chi connectivity index (χ2v) is 9.81. The molecule has 36 heavy (non-hydrogen) atoms. The van der Waals surface area contributed by atoms with Crippen LogP contribution in [0.2, 0.25) is 0 Å². The number of ether oxygens (including phenoxy) is 1. The van der Waals surface area contributed by atoms with Crippen LogP contribution in [0.3, 0.4) is 0 Å². The maximum atomic E-state index is 13.2. The molecule has 1 atom stereocenters. The lowest BCUT2D eigenvalue weighted by molar-refractivity contribution is -0.757. The second-order valence-electron chi connectivity index (χ2n) is 8.32. The van der Waals surface area contributed by atoms with Crippen molar-refractivity contribution in [2.75, 3.05) is 32.8 Å². The summed E-state index contributed by atoms with van der Waals surface area (Å²) < 4.78 is 22.4. The topological polar surface area (TPSA) is 157 Å². The van der Waals surface area contributed by atoms with E-state index < -0.39 is 16.1 Å². The standard InChI is InChI=1S/C22H29N7O6S/c1-4-6-19-24-14(3)20-22(30)25-21(26-28(19)20)17-11-16(7-8-18(17)34-5-2)36(33)27-12-15(13-27)23-9-10-35-29(31)32/h7-8,11,15,23H,4-6,9-10,12-13H2,1-3H3,(H,25,26,30). The molecule has 0 amide bonds. The molecule has 3 heterocycles. The molecule has 1 fully saturated rings. The van der Waals surface area contributed by atoms with Gasteiger partial charge in [0.1, 0.15) is 29.2 Å². The van der Waals surface area contributed by atoms with E-state index in [9.17, 15) is 19.1 Å². The van der Waals surface area contributed by atoms with Gasteiger partial charge in [0, 0.05) is 32.1 Å². The molecule has 2 aromatic heterocycles. The van der Waals surface area contributed by atoms with Crippen LogP contribution in [-0.4, -0.2) is 72.1 Å². The van der Waals surface area contributed by atoms with Crippen molar-refractivity contribution in [3.8, 4) is 17.1 Å². The SMILES string of the molecule is CCCc1nc(C)c2c(=O)[nH]c(-c3cc(S(=O)N4CC(NCCO[N+](=O)[O-])C4)ccc3OCC)nn12. The maximum absolute atomic E-state index is 13.2. The summed E-state index contributed by atoms with van der Waals surface area (Å²) in [5, 5.41) is 17.2. The molecule has 0 aliphatic carbocycles. The van der Waals surface area contributed by atoms with Gasteiger partial charge in [0.2, 0.25) is 0 Å². The predicted octanol–water partition coefficient (Wildman–Crippen LogP) is 1.25. The summed E-state index contributed by atoms with van der Waals surface area (Å²) in [5.41, 5.74) is 1.24. The molecule has 3 aromatic rings. The first kappa shape index (κ1) is 25.7. The molecule has 0 bridgehead atoms. The van der Waals surface area contributed by atoms with Crippen molar-refractivity contribution >= 4 is 16.5 Å². The largest absolute Gasteiger partial charge is 0.493 e. The number of aromatic nitrogens is 4. The Morgan fingerprint density at radius 2 is 2.11 bits per heavy atom. The van der Waals surface area contributed by atoms with E-state index in [0.29, 0.717) is 71.7 Å². The number of imidazole rings is 1. The Kier molecular flexibility index (Phi) is 7.96. The van der Waals surface area contributed by atoms with Gasteiger partial charge in [-0.3, -0.25) is 4.79 Å². The lowest BCUT2D eigenvalue weighted by Gasteiger charge is -2.38. The highest BCUT2D eigenvalue weighted by Gasteiger charge is 2.31. The number of nitrogens with one attached hydrogen (secondary N) is 2. The minimum atomic E-state index is -1.45. The Balaban J connectivity index is 1.58. The zero-order chi connectivity index (χ0) is 25.8. The smallest absolute Gasteiger partial charge is 0.294 e. The molecule has 1 aliphatic rings. The molecule has 14 heteroatoms. The summed E-state index contributed by atoms with van der Waals surface area (Å²) in [7, 11) is -1.45. The fourth-order valence-electron chi connectivity index (χ4n) is 4.06. The Morgan fingerprint density at radius 3 is 2.81 bits per heavy atom. The van der Waals surface area contributed by atoms with E-state index in [1.54, 1.807) is 33.9 Å². The van der Waals surface area contributed by atoms with Crippen LogP contribution in [0, 0.1) is 17.0 Å². The van der Waals surface area contributed by atoms with Gasteiger partial charge in [-0.15, -0.1) is 15.2 Å². The van der Waals surface area contributed by atoms with E-state index in [1.165, 1.54) is 0 Å². The van der Waals surface area contributed by atoms with Gasteiger partial charge in [0.15, 0.2) is 11.3 Å². The van der Waals surface area contributed by atoms with Gasteiger partial charge in [-0.1, -0.05) is 6.92 Å². The van der Waals surface area contributed by atoms with Gasteiger partial charge in [0.05, 0.1) is 22.8 Å². The van der Waals surface area contributed by atoms with Gasteiger partial charge >= 0.3 is 0 Å². The molecule has 0 spiro atoms. The third kappa shape index (κ3) is 5.39. The van der Waals surface area contributed by atoms with Crippen molar-refractivity contribution in [1.29, 1.82) is 0 Å². The number of aryl methyl sites for hydroxylation is 2. The molecule has 194 valence electrons. The highest BCUT2D eigenvalue weighted by Crippen LogP contribution is 2.31. The number of H-pyrrole nitrogens is 1.